The number of carbonyl (C=O) groups excluding carboxylic acids is 1. The van der Waals surface area contributed by atoms with Crippen molar-refractivity contribution in [3.63, 3.8) is 0 Å². The van der Waals surface area contributed by atoms with Gasteiger partial charge in [0.25, 0.3) is 0 Å². The third kappa shape index (κ3) is 3.58. The highest BCUT2D eigenvalue weighted by Gasteiger charge is 2.28. The van der Waals surface area contributed by atoms with Gasteiger partial charge in [-0.1, -0.05) is 6.07 Å². The maximum atomic E-state index is 13.5. The van der Waals surface area contributed by atoms with Gasteiger partial charge in [0.2, 0.25) is 5.91 Å². The van der Waals surface area contributed by atoms with E-state index in [1.54, 1.807) is 6.92 Å². The molecule has 0 bridgehead atoms. The van der Waals surface area contributed by atoms with Gasteiger partial charge in [-0.15, -0.1) is 0 Å². The van der Waals surface area contributed by atoms with Crippen LogP contribution in [0.25, 0.3) is 0 Å². The fraction of sp³-hybridized carbons (Fsp3) is 0.500. The quantitative estimate of drug-likeness (QED) is 0.831. The molecule has 1 saturated heterocycles. The second kappa shape index (κ2) is 6.09. The van der Waals surface area contributed by atoms with E-state index in [4.69, 9.17) is 0 Å². The molecule has 1 atom stereocenters. The first kappa shape index (κ1) is 15.9. The maximum absolute atomic E-state index is 13.5. The number of benzene rings is 1. The summed E-state index contributed by atoms with van der Waals surface area (Å²) < 4.78 is 50.6. The molecule has 0 radical (unpaired) electrons. The number of sulfone groups is 1. The first-order valence-corrected chi connectivity index (χ1v) is 8.45. The van der Waals surface area contributed by atoms with Crippen molar-refractivity contribution in [2.24, 2.45) is 0 Å². The summed E-state index contributed by atoms with van der Waals surface area (Å²) in [5.74, 6) is -2.10. The van der Waals surface area contributed by atoms with Gasteiger partial charge in [0, 0.05) is 18.7 Å². The van der Waals surface area contributed by atoms with Crippen LogP contribution in [-0.2, 0) is 21.1 Å². The van der Waals surface area contributed by atoms with Gasteiger partial charge >= 0.3 is 0 Å². The molecule has 0 aromatic heterocycles. The van der Waals surface area contributed by atoms with Crippen molar-refractivity contribution >= 4 is 15.7 Å². The lowest BCUT2D eigenvalue weighted by Crippen LogP contribution is -2.35. The Morgan fingerprint density at radius 1 is 1.29 bits per heavy atom. The minimum Gasteiger partial charge on any atom is -0.341 e. The molecule has 116 valence electrons. The van der Waals surface area contributed by atoms with Crippen molar-refractivity contribution in [1.82, 2.24) is 4.90 Å². The van der Waals surface area contributed by atoms with E-state index < -0.39 is 39.0 Å². The third-order valence-electron chi connectivity index (χ3n) is 3.81. The molecule has 1 aromatic rings. The summed E-state index contributed by atoms with van der Waals surface area (Å²) >= 11 is 0. The van der Waals surface area contributed by atoms with Gasteiger partial charge < -0.3 is 4.90 Å². The van der Waals surface area contributed by atoms with Gasteiger partial charge in [-0.3, -0.25) is 4.79 Å². The summed E-state index contributed by atoms with van der Waals surface area (Å²) in [4.78, 5) is 13.5. The Morgan fingerprint density at radius 3 is 2.52 bits per heavy atom. The molecule has 0 spiro atoms. The topological polar surface area (TPSA) is 54.5 Å². The van der Waals surface area contributed by atoms with E-state index in [9.17, 15) is 22.0 Å². The highest BCUT2D eigenvalue weighted by atomic mass is 32.2. The van der Waals surface area contributed by atoms with Crippen molar-refractivity contribution < 1.29 is 22.0 Å². The number of halogens is 2. The standard InChI is InChI=1S/C14H17F2NO3S/c1-10-5-6-17(7-8-21(10,19)20)14(18)9-11-12(15)3-2-4-13(11)16/h2-4,10H,5-9H2,1H3. The highest BCUT2D eigenvalue weighted by Crippen LogP contribution is 2.17. The molecule has 1 heterocycles. The molecule has 1 aliphatic rings. The molecular weight excluding hydrogens is 300 g/mol. The van der Waals surface area contributed by atoms with Crippen LogP contribution in [0.15, 0.2) is 18.2 Å². The highest BCUT2D eigenvalue weighted by molar-refractivity contribution is 7.92. The Hall–Kier alpha value is -1.50. The number of amides is 1. The number of nitrogens with zero attached hydrogens (tertiary/aromatic N) is 1. The fourth-order valence-corrected chi connectivity index (χ4v) is 3.62. The van der Waals surface area contributed by atoms with Crippen LogP contribution in [0.3, 0.4) is 0 Å². The van der Waals surface area contributed by atoms with Crippen LogP contribution >= 0.6 is 0 Å². The zero-order chi connectivity index (χ0) is 15.6. The average Bonchev–Trinajstić information content (AvgIpc) is 2.54. The predicted molar refractivity (Wildman–Crippen MR) is 74.5 cm³/mol. The SMILES string of the molecule is CC1CCN(C(=O)Cc2c(F)cccc2F)CCS1(=O)=O. The molecule has 1 amide bonds. The Morgan fingerprint density at radius 2 is 1.90 bits per heavy atom. The van der Waals surface area contributed by atoms with Crippen molar-refractivity contribution in [1.29, 1.82) is 0 Å². The first-order valence-electron chi connectivity index (χ1n) is 6.73. The molecule has 1 fully saturated rings. The van der Waals surface area contributed by atoms with Crippen LogP contribution in [0.2, 0.25) is 0 Å². The Balaban J connectivity index is 2.11. The monoisotopic (exact) mass is 317 g/mol. The molecule has 2 rings (SSSR count). The van der Waals surface area contributed by atoms with Crippen molar-refractivity contribution in [2.75, 3.05) is 18.8 Å². The largest absolute Gasteiger partial charge is 0.341 e. The summed E-state index contributed by atoms with van der Waals surface area (Å²) in [6.45, 7) is 1.97. The van der Waals surface area contributed by atoms with Gasteiger partial charge in [0.05, 0.1) is 17.4 Å². The summed E-state index contributed by atoms with van der Waals surface area (Å²) in [7, 11) is -3.20. The molecule has 1 aromatic carbocycles. The van der Waals surface area contributed by atoms with E-state index in [0.717, 1.165) is 12.1 Å². The molecule has 0 N–H and O–H groups in total. The first-order chi connectivity index (χ1) is 9.81. The molecule has 1 unspecified atom stereocenters. The number of hydrogen-bond donors (Lipinski definition) is 0. The zero-order valence-electron chi connectivity index (χ0n) is 11.7. The molecular formula is C14H17F2NO3S. The lowest BCUT2D eigenvalue weighted by molar-refractivity contribution is -0.130. The Labute approximate surface area is 122 Å². The van der Waals surface area contributed by atoms with Crippen LogP contribution in [0.4, 0.5) is 8.78 Å². The van der Waals surface area contributed by atoms with Crippen LogP contribution in [0, 0.1) is 11.6 Å². The molecule has 4 nitrogen and oxygen atoms in total. The Bertz CT molecular complexity index is 625. The summed E-state index contributed by atoms with van der Waals surface area (Å²) in [5.41, 5.74) is -0.275. The molecule has 1 aliphatic heterocycles. The zero-order valence-corrected chi connectivity index (χ0v) is 12.5. The second-order valence-corrected chi connectivity index (χ2v) is 7.76. The molecule has 21 heavy (non-hydrogen) atoms. The van der Waals surface area contributed by atoms with E-state index in [0.29, 0.717) is 6.42 Å². The summed E-state index contributed by atoms with van der Waals surface area (Å²) in [6, 6.07) is 3.43. The number of rotatable bonds is 2. The fourth-order valence-electron chi connectivity index (χ4n) is 2.28. The lowest BCUT2D eigenvalue weighted by Gasteiger charge is -2.20. The Kier molecular flexibility index (Phi) is 4.61. The van der Waals surface area contributed by atoms with Gasteiger partial charge in [0.1, 0.15) is 11.6 Å². The van der Waals surface area contributed by atoms with E-state index in [1.165, 1.54) is 11.0 Å². The molecule has 0 saturated carbocycles. The van der Waals surface area contributed by atoms with E-state index >= 15 is 0 Å². The minimum absolute atomic E-state index is 0.0710. The van der Waals surface area contributed by atoms with Gasteiger partial charge in [0.15, 0.2) is 9.84 Å². The number of carbonyl (C=O) groups is 1. The lowest BCUT2D eigenvalue weighted by atomic mass is 10.1. The maximum Gasteiger partial charge on any atom is 0.227 e. The summed E-state index contributed by atoms with van der Waals surface area (Å²) in [5, 5.41) is -0.500. The number of hydrogen-bond acceptors (Lipinski definition) is 3. The van der Waals surface area contributed by atoms with Crippen molar-refractivity contribution in [2.45, 2.75) is 25.0 Å². The van der Waals surface area contributed by atoms with E-state index in [-0.39, 0.29) is 24.4 Å². The van der Waals surface area contributed by atoms with Gasteiger partial charge in [-0.05, 0) is 25.5 Å². The predicted octanol–water partition coefficient (Wildman–Crippen LogP) is 1.54. The van der Waals surface area contributed by atoms with E-state index in [2.05, 4.69) is 0 Å². The normalized spacial score (nSPS) is 21.9. The van der Waals surface area contributed by atoms with Crippen molar-refractivity contribution in [3.8, 4) is 0 Å². The van der Waals surface area contributed by atoms with Crippen LogP contribution in [0.1, 0.15) is 18.9 Å². The summed E-state index contributed by atoms with van der Waals surface area (Å²) in [6.07, 6.45) is -0.0548. The second-order valence-electron chi connectivity index (χ2n) is 5.22. The minimum atomic E-state index is -3.20. The smallest absolute Gasteiger partial charge is 0.227 e. The molecule has 0 aliphatic carbocycles. The average molecular weight is 317 g/mol. The van der Waals surface area contributed by atoms with Crippen molar-refractivity contribution in [3.05, 3.63) is 35.4 Å². The van der Waals surface area contributed by atoms with Gasteiger partial charge in [-0.25, -0.2) is 17.2 Å². The van der Waals surface area contributed by atoms with Gasteiger partial charge in [-0.2, -0.15) is 0 Å². The van der Waals surface area contributed by atoms with Crippen LogP contribution in [-0.4, -0.2) is 43.3 Å². The van der Waals surface area contributed by atoms with E-state index in [1.807, 2.05) is 0 Å². The van der Waals surface area contributed by atoms with Crippen LogP contribution < -0.4 is 0 Å². The molecule has 7 heteroatoms. The van der Waals surface area contributed by atoms with Crippen LogP contribution in [0.5, 0.6) is 0 Å². The third-order valence-corrected chi connectivity index (χ3v) is 6.02.